The molecule has 3 aromatic rings. The lowest BCUT2D eigenvalue weighted by Crippen LogP contribution is -2.41. The van der Waals surface area contributed by atoms with Crippen LogP contribution in [0.2, 0.25) is 0 Å². The molecule has 3 aliphatic heterocycles. The molecule has 0 radical (unpaired) electrons. The van der Waals surface area contributed by atoms with Crippen molar-refractivity contribution in [3.63, 3.8) is 0 Å². The van der Waals surface area contributed by atoms with Gasteiger partial charge in [-0.25, -0.2) is 13.1 Å². The molecule has 2 aromatic carbocycles. The normalized spacial score (nSPS) is 19.5. The number of hydrogen-bond acceptors (Lipinski definition) is 7. The molecule has 2 saturated heterocycles. The van der Waals surface area contributed by atoms with Gasteiger partial charge in [-0.1, -0.05) is 24.3 Å². The molecule has 0 spiro atoms. The number of amides is 1. The third kappa shape index (κ3) is 4.24. The predicted molar refractivity (Wildman–Crippen MR) is 133 cm³/mol. The van der Waals surface area contributed by atoms with Crippen LogP contribution < -0.4 is 0 Å². The van der Waals surface area contributed by atoms with Crippen molar-refractivity contribution in [2.45, 2.75) is 17.2 Å². The van der Waals surface area contributed by atoms with Gasteiger partial charge in [-0.3, -0.25) is 9.69 Å². The van der Waals surface area contributed by atoms with Gasteiger partial charge in [0.05, 0.1) is 48.5 Å². The molecule has 6 rings (SSSR count). The maximum absolute atomic E-state index is 13.6. The van der Waals surface area contributed by atoms with Crippen molar-refractivity contribution < 1.29 is 22.7 Å². The summed E-state index contributed by atoms with van der Waals surface area (Å²) in [7, 11) is -3.64. The molecule has 9 nitrogen and oxygen atoms in total. The molecule has 0 bridgehead atoms. The molecule has 1 amide bonds. The second kappa shape index (κ2) is 9.44. The van der Waals surface area contributed by atoms with E-state index in [2.05, 4.69) is 4.90 Å². The zero-order chi connectivity index (χ0) is 24.7. The minimum absolute atomic E-state index is 0.198. The molecule has 0 saturated carbocycles. The number of ether oxygens (including phenoxy) is 2. The van der Waals surface area contributed by atoms with Crippen LogP contribution in [0.1, 0.15) is 21.6 Å². The number of nitrogens with zero attached hydrogens (tertiary/aromatic N) is 4. The smallest absolute Gasteiger partial charge is 0.274 e. The Morgan fingerprint density at radius 2 is 1.61 bits per heavy atom. The van der Waals surface area contributed by atoms with Crippen molar-refractivity contribution in [1.82, 2.24) is 19.6 Å². The third-order valence-electron chi connectivity index (χ3n) is 6.96. The highest BCUT2D eigenvalue weighted by Crippen LogP contribution is 2.41. The number of hydrogen-bond donors (Lipinski definition) is 0. The van der Waals surface area contributed by atoms with Crippen LogP contribution in [-0.4, -0.2) is 86.5 Å². The van der Waals surface area contributed by atoms with E-state index in [-0.39, 0.29) is 22.2 Å². The summed E-state index contributed by atoms with van der Waals surface area (Å²) < 4.78 is 39.4. The van der Waals surface area contributed by atoms with Gasteiger partial charge >= 0.3 is 0 Å². The summed E-state index contributed by atoms with van der Waals surface area (Å²) in [4.78, 5) is 17.8. The molecule has 10 heteroatoms. The van der Waals surface area contributed by atoms with Gasteiger partial charge in [0.25, 0.3) is 5.91 Å². The number of benzene rings is 2. The zero-order valence-electron chi connectivity index (χ0n) is 19.9. The first-order valence-electron chi connectivity index (χ1n) is 12.2. The minimum Gasteiger partial charge on any atom is -0.379 e. The van der Waals surface area contributed by atoms with Crippen molar-refractivity contribution in [2.24, 2.45) is 0 Å². The second-order valence-electron chi connectivity index (χ2n) is 9.31. The summed E-state index contributed by atoms with van der Waals surface area (Å²) in [5, 5.41) is 4.74. The van der Waals surface area contributed by atoms with Gasteiger partial charge in [0.1, 0.15) is 0 Å². The summed E-state index contributed by atoms with van der Waals surface area (Å²) >= 11 is 0. The van der Waals surface area contributed by atoms with Crippen LogP contribution in [0.25, 0.3) is 16.9 Å². The number of para-hydroxylation sites is 1. The van der Waals surface area contributed by atoms with E-state index < -0.39 is 9.84 Å². The van der Waals surface area contributed by atoms with Gasteiger partial charge in [0.15, 0.2) is 15.5 Å². The fourth-order valence-electron chi connectivity index (χ4n) is 5.12. The summed E-state index contributed by atoms with van der Waals surface area (Å²) in [5.41, 5.74) is 3.72. The minimum atomic E-state index is -3.64. The summed E-state index contributed by atoms with van der Waals surface area (Å²) in [6.07, 6.45) is 0. The molecule has 3 aliphatic rings. The molecule has 0 atom stereocenters. The summed E-state index contributed by atoms with van der Waals surface area (Å²) in [6, 6.07) is 15.1. The molecule has 4 heterocycles. The van der Waals surface area contributed by atoms with E-state index in [0.717, 1.165) is 24.3 Å². The van der Waals surface area contributed by atoms with E-state index in [4.69, 9.17) is 14.6 Å². The van der Waals surface area contributed by atoms with Crippen molar-refractivity contribution in [3.05, 3.63) is 65.4 Å². The van der Waals surface area contributed by atoms with Crippen molar-refractivity contribution in [3.8, 4) is 16.9 Å². The van der Waals surface area contributed by atoms with Gasteiger partial charge in [-0.05, 0) is 29.8 Å². The van der Waals surface area contributed by atoms with Crippen molar-refractivity contribution in [1.29, 1.82) is 0 Å². The highest BCUT2D eigenvalue weighted by Gasteiger charge is 2.37. The van der Waals surface area contributed by atoms with Crippen LogP contribution in [0.3, 0.4) is 0 Å². The van der Waals surface area contributed by atoms with Crippen LogP contribution in [0.5, 0.6) is 0 Å². The van der Waals surface area contributed by atoms with Gasteiger partial charge in [-0.2, -0.15) is 5.10 Å². The average Bonchev–Trinajstić information content (AvgIpc) is 3.28. The topological polar surface area (TPSA) is 94.0 Å². The number of carbonyl (C=O) groups excluding carboxylic acids is 1. The summed E-state index contributed by atoms with van der Waals surface area (Å²) in [5.74, 6) is -0.511. The number of fused-ring (bicyclic) bond motifs is 3. The Bertz CT molecular complexity index is 1390. The molecule has 0 unspecified atom stereocenters. The SMILES string of the molecule is O=C(c1nn(-c2ccccc2)c2c1CS(=O)(=O)c1ccc(CN3CCOCC3)cc1-2)N1CCOCC1. The first-order chi connectivity index (χ1) is 17.5. The number of morpholine rings is 2. The van der Waals surface area contributed by atoms with E-state index in [1.165, 1.54) is 0 Å². The molecule has 1 aromatic heterocycles. The fourth-order valence-corrected chi connectivity index (χ4v) is 6.70. The Morgan fingerprint density at radius 1 is 0.917 bits per heavy atom. The van der Waals surface area contributed by atoms with Crippen LogP contribution >= 0.6 is 0 Å². The lowest BCUT2D eigenvalue weighted by molar-refractivity contribution is 0.0298. The van der Waals surface area contributed by atoms with Crippen LogP contribution in [0, 0.1) is 0 Å². The van der Waals surface area contributed by atoms with Gasteiger partial charge in [-0.15, -0.1) is 0 Å². The largest absolute Gasteiger partial charge is 0.379 e. The molecule has 0 N–H and O–H groups in total. The number of carbonyl (C=O) groups is 1. The Hall–Kier alpha value is -3.05. The molecule has 188 valence electrons. The Kier molecular flexibility index (Phi) is 6.12. The Morgan fingerprint density at radius 3 is 2.33 bits per heavy atom. The van der Waals surface area contributed by atoms with E-state index in [1.807, 2.05) is 42.5 Å². The highest BCUT2D eigenvalue weighted by molar-refractivity contribution is 7.90. The standard InChI is InChI=1S/C26H28N4O5S/c31-26(29-10-14-35-15-11-29)24-22-18-36(32,33)23-7-6-19(17-28-8-12-34-13-9-28)16-21(23)25(22)30(27-24)20-4-2-1-3-5-20/h1-7,16H,8-15,17-18H2. The number of aromatic nitrogens is 2. The maximum Gasteiger partial charge on any atom is 0.274 e. The maximum atomic E-state index is 13.6. The number of rotatable bonds is 4. The van der Waals surface area contributed by atoms with Crippen molar-refractivity contribution >= 4 is 15.7 Å². The van der Waals surface area contributed by atoms with E-state index in [1.54, 1.807) is 15.6 Å². The Labute approximate surface area is 210 Å². The molecular formula is C26H28N4O5S. The highest BCUT2D eigenvalue weighted by atomic mass is 32.2. The van der Waals surface area contributed by atoms with Gasteiger partial charge in [0, 0.05) is 43.9 Å². The molecule has 2 fully saturated rings. The third-order valence-corrected chi connectivity index (χ3v) is 8.66. The first kappa shape index (κ1) is 23.4. The van der Waals surface area contributed by atoms with E-state index in [0.29, 0.717) is 62.9 Å². The Balaban J connectivity index is 1.50. The number of sulfone groups is 1. The monoisotopic (exact) mass is 508 g/mol. The molecule has 0 aliphatic carbocycles. The lowest BCUT2D eigenvalue weighted by atomic mass is 10.0. The zero-order valence-corrected chi connectivity index (χ0v) is 20.7. The van der Waals surface area contributed by atoms with Crippen LogP contribution in [0.4, 0.5) is 0 Å². The first-order valence-corrected chi connectivity index (χ1v) is 13.9. The fraction of sp³-hybridized carbons (Fsp3) is 0.385. The van der Waals surface area contributed by atoms with Gasteiger partial charge < -0.3 is 14.4 Å². The molecule has 36 heavy (non-hydrogen) atoms. The van der Waals surface area contributed by atoms with Crippen molar-refractivity contribution in [2.75, 3.05) is 52.6 Å². The van der Waals surface area contributed by atoms with Crippen LogP contribution in [-0.2, 0) is 31.6 Å². The quantitative estimate of drug-likeness (QED) is 0.533. The van der Waals surface area contributed by atoms with Crippen LogP contribution in [0.15, 0.2) is 53.4 Å². The van der Waals surface area contributed by atoms with Gasteiger partial charge in [0.2, 0.25) is 0 Å². The average molecular weight is 509 g/mol. The van der Waals surface area contributed by atoms with E-state index >= 15 is 0 Å². The lowest BCUT2D eigenvalue weighted by Gasteiger charge is -2.27. The summed E-state index contributed by atoms with van der Waals surface area (Å²) in [6.45, 7) is 5.58. The van der Waals surface area contributed by atoms with E-state index in [9.17, 15) is 13.2 Å². The molecular weight excluding hydrogens is 480 g/mol. The second-order valence-corrected chi connectivity index (χ2v) is 11.3. The predicted octanol–water partition coefficient (Wildman–Crippen LogP) is 2.13.